The minimum atomic E-state index is -1.48. The zero-order chi connectivity index (χ0) is 10.0. The molecule has 0 aromatic carbocycles. The average Bonchev–Trinajstić information content (AvgIpc) is 2.45. The van der Waals surface area contributed by atoms with Gasteiger partial charge in [-0.2, -0.15) is 5.10 Å². The average molecular weight is 247 g/mol. The highest BCUT2D eigenvalue weighted by Gasteiger charge is 2.22. The number of aromatic nitrogens is 2. The first kappa shape index (κ1) is 9.91. The molecule has 70 valence electrons. The first-order valence-corrected chi connectivity index (χ1v) is 4.36. The van der Waals surface area contributed by atoms with Gasteiger partial charge in [0.1, 0.15) is 5.69 Å². The Kier molecular flexibility index (Phi) is 2.82. The Bertz CT molecular complexity index is 359. The molecule has 1 N–H and O–H groups in total. The summed E-state index contributed by atoms with van der Waals surface area (Å²) in [7, 11) is 0. The molecule has 1 heterocycles. The van der Waals surface area contributed by atoms with E-state index >= 15 is 0 Å². The summed E-state index contributed by atoms with van der Waals surface area (Å²) < 4.78 is 1.74. The molecular weight excluding hydrogens is 240 g/mol. The van der Waals surface area contributed by atoms with Crippen molar-refractivity contribution in [1.82, 2.24) is 9.78 Å². The van der Waals surface area contributed by atoms with Gasteiger partial charge in [0.25, 0.3) is 5.78 Å². The fourth-order valence-electron chi connectivity index (χ4n) is 0.929. The van der Waals surface area contributed by atoms with E-state index in [1.165, 1.54) is 10.9 Å². The van der Waals surface area contributed by atoms with E-state index in [0.29, 0.717) is 11.0 Å². The molecule has 0 amide bonds. The van der Waals surface area contributed by atoms with Crippen molar-refractivity contribution in [3.8, 4) is 0 Å². The number of carbonyl (C=O) groups excluding carboxylic acids is 1. The van der Waals surface area contributed by atoms with Gasteiger partial charge in [0, 0.05) is 6.54 Å². The highest BCUT2D eigenvalue weighted by molar-refractivity contribution is 9.10. The van der Waals surface area contributed by atoms with Gasteiger partial charge >= 0.3 is 5.97 Å². The number of aliphatic carboxylic acids is 1. The maximum absolute atomic E-state index is 11.1. The molecule has 1 aromatic rings. The van der Waals surface area contributed by atoms with Crippen molar-refractivity contribution < 1.29 is 14.7 Å². The lowest BCUT2D eigenvalue weighted by Crippen LogP contribution is -2.18. The smallest absolute Gasteiger partial charge is 0.378 e. The molecule has 0 saturated carbocycles. The molecule has 6 heteroatoms. The summed E-state index contributed by atoms with van der Waals surface area (Å²) in [6.07, 6.45) is 1.40. The van der Waals surface area contributed by atoms with E-state index in [1.54, 1.807) is 6.92 Å². The zero-order valence-electron chi connectivity index (χ0n) is 6.82. The fourth-order valence-corrected chi connectivity index (χ4v) is 1.41. The number of carboxylic acids is 1. The van der Waals surface area contributed by atoms with E-state index in [4.69, 9.17) is 5.11 Å². The Hall–Kier alpha value is -1.17. The van der Waals surface area contributed by atoms with Crippen LogP contribution in [-0.2, 0) is 11.3 Å². The van der Waals surface area contributed by atoms with E-state index in [2.05, 4.69) is 21.0 Å². The van der Waals surface area contributed by atoms with Crippen molar-refractivity contribution >= 4 is 27.7 Å². The quantitative estimate of drug-likeness (QED) is 0.637. The van der Waals surface area contributed by atoms with Gasteiger partial charge in [0.05, 0.1) is 10.7 Å². The van der Waals surface area contributed by atoms with Crippen molar-refractivity contribution in [2.75, 3.05) is 0 Å². The lowest BCUT2D eigenvalue weighted by molar-refractivity contribution is -0.131. The monoisotopic (exact) mass is 246 g/mol. The lowest BCUT2D eigenvalue weighted by Gasteiger charge is -2.00. The van der Waals surface area contributed by atoms with E-state index in [9.17, 15) is 9.59 Å². The molecule has 0 atom stereocenters. The number of carbonyl (C=O) groups is 2. The third-order valence-electron chi connectivity index (χ3n) is 1.50. The van der Waals surface area contributed by atoms with Crippen LogP contribution < -0.4 is 0 Å². The normalized spacial score (nSPS) is 10.0. The van der Waals surface area contributed by atoms with E-state index in [-0.39, 0.29) is 5.69 Å². The second-order valence-electron chi connectivity index (χ2n) is 2.29. The zero-order valence-corrected chi connectivity index (χ0v) is 8.41. The van der Waals surface area contributed by atoms with Gasteiger partial charge in [-0.3, -0.25) is 9.48 Å². The summed E-state index contributed by atoms with van der Waals surface area (Å²) in [5.41, 5.74) is 0.0787. The van der Waals surface area contributed by atoms with E-state index < -0.39 is 11.8 Å². The third kappa shape index (κ3) is 1.77. The molecule has 0 saturated heterocycles. The molecule has 0 bridgehead atoms. The van der Waals surface area contributed by atoms with Crippen LogP contribution in [0.3, 0.4) is 0 Å². The number of hydrogen-bond donors (Lipinski definition) is 1. The number of aryl methyl sites for hydroxylation is 1. The Balaban J connectivity index is 3.18. The van der Waals surface area contributed by atoms with Gasteiger partial charge in [-0.05, 0) is 22.9 Å². The van der Waals surface area contributed by atoms with Crippen LogP contribution in [0.5, 0.6) is 0 Å². The highest BCUT2D eigenvalue weighted by Crippen LogP contribution is 2.16. The van der Waals surface area contributed by atoms with Crippen LogP contribution >= 0.6 is 15.9 Å². The molecule has 1 rings (SSSR count). The summed E-state index contributed by atoms with van der Waals surface area (Å²) >= 11 is 3.06. The SMILES string of the molecule is CCn1ncc(Br)c1C(=O)C(=O)O. The summed E-state index contributed by atoms with van der Waals surface area (Å²) in [6.45, 7) is 2.23. The Morgan fingerprint density at radius 3 is 2.77 bits per heavy atom. The van der Waals surface area contributed by atoms with E-state index in [0.717, 1.165) is 0 Å². The second-order valence-corrected chi connectivity index (χ2v) is 3.15. The molecule has 0 aliphatic carbocycles. The molecule has 0 unspecified atom stereocenters. The standard InChI is InChI=1S/C7H7BrN2O3/c1-2-10-5(4(8)3-9-10)6(11)7(12)13/h3H,2H2,1H3,(H,12,13). The topological polar surface area (TPSA) is 72.2 Å². The summed E-state index contributed by atoms with van der Waals surface area (Å²) in [5, 5.41) is 12.3. The number of hydrogen-bond acceptors (Lipinski definition) is 3. The first-order valence-electron chi connectivity index (χ1n) is 3.56. The minimum Gasteiger partial charge on any atom is -0.475 e. The molecule has 0 spiro atoms. The lowest BCUT2D eigenvalue weighted by atomic mass is 10.3. The summed E-state index contributed by atoms with van der Waals surface area (Å²) in [6, 6.07) is 0. The van der Waals surface area contributed by atoms with Crippen LogP contribution in [0.4, 0.5) is 0 Å². The number of nitrogens with zero attached hydrogens (tertiary/aromatic N) is 2. The number of carboxylic acid groups (broad SMARTS) is 1. The number of Topliss-reactive ketones (excluding diaryl/α,β-unsaturated/α-hetero) is 1. The third-order valence-corrected chi connectivity index (χ3v) is 2.08. The van der Waals surface area contributed by atoms with Crippen molar-refractivity contribution in [3.63, 3.8) is 0 Å². The number of ketones is 1. The Morgan fingerprint density at radius 2 is 2.31 bits per heavy atom. The number of halogens is 1. The van der Waals surface area contributed by atoms with Gasteiger partial charge in [-0.15, -0.1) is 0 Å². The van der Waals surface area contributed by atoms with Gasteiger partial charge < -0.3 is 5.11 Å². The molecule has 0 aliphatic rings. The maximum atomic E-state index is 11.1. The molecule has 0 radical (unpaired) electrons. The van der Waals surface area contributed by atoms with Crippen molar-refractivity contribution in [2.24, 2.45) is 0 Å². The Morgan fingerprint density at radius 1 is 1.69 bits per heavy atom. The van der Waals surface area contributed by atoms with Crippen LogP contribution in [0.2, 0.25) is 0 Å². The molecule has 1 aromatic heterocycles. The van der Waals surface area contributed by atoms with Crippen LogP contribution in [0.15, 0.2) is 10.7 Å². The summed E-state index contributed by atoms with van der Waals surface area (Å²) in [4.78, 5) is 21.5. The van der Waals surface area contributed by atoms with Crippen LogP contribution in [0.25, 0.3) is 0 Å². The highest BCUT2D eigenvalue weighted by atomic mass is 79.9. The molecular formula is C7H7BrN2O3. The largest absolute Gasteiger partial charge is 0.475 e. The van der Waals surface area contributed by atoms with Gasteiger partial charge in [0.15, 0.2) is 0 Å². The van der Waals surface area contributed by atoms with Crippen molar-refractivity contribution in [1.29, 1.82) is 0 Å². The second kappa shape index (κ2) is 3.69. The van der Waals surface area contributed by atoms with Crippen LogP contribution in [-0.4, -0.2) is 26.6 Å². The van der Waals surface area contributed by atoms with Gasteiger partial charge in [-0.1, -0.05) is 0 Å². The molecule has 13 heavy (non-hydrogen) atoms. The predicted molar refractivity (Wildman–Crippen MR) is 47.6 cm³/mol. The molecule has 0 fully saturated rings. The maximum Gasteiger partial charge on any atom is 0.378 e. The molecule has 5 nitrogen and oxygen atoms in total. The first-order chi connectivity index (χ1) is 6.07. The van der Waals surface area contributed by atoms with Crippen molar-refractivity contribution in [3.05, 3.63) is 16.4 Å². The van der Waals surface area contributed by atoms with Gasteiger partial charge in [0.2, 0.25) is 0 Å². The van der Waals surface area contributed by atoms with Crippen LogP contribution in [0.1, 0.15) is 17.4 Å². The Labute approximate surface area is 82.5 Å². The van der Waals surface area contributed by atoms with E-state index in [1.807, 2.05) is 0 Å². The minimum absolute atomic E-state index is 0.0787. The number of rotatable bonds is 3. The van der Waals surface area contributed by atoms with Gasteiger partial charge in [-0.25, -0.2) is 4.79 Å². The predicted octanol–water partition coefficient (Wildman–Crippen LogP) is 0.933. The van der Waals surface area contributed by atoms with Crippen LogP contribution in [0, 0.1) is 0 Å². The summed E-state index contributed by atoms with van der Waals surface area (Å²) in [5.74, 6) is -2.43. The molecule has 0 aliphatic heterocycles. The van der Waals surface area contributed by atoms with Crippen molar-refractivity contribution in [2.45, 2.75) is 13.5 Å². The fraction of sp³-hybridized carbons (Fsp3) is 0.286.